The average molecular weight is 389 g/mol. The van der Waals surface area contributed by atoms with Crippen LogP contribution < -0.4 is 15.4 Å². The van der Waals surface area contributed by atoms with Crippen molar-refractivity contribution < 1.29 is 9.53 Å². The van der Waals surface area contributed by atoms with E-state index in [0.29, 0.717) is 6.54 Å². The largest absolute Gasteiger partial charge is 0.484 e. The van der Waals surface area contributed by atoms with Gasteiger partial charge in [-0.3, -0.25) is 9.69 Å². The van der Waals surface area contributed by atoms with Gasteiger partial charge in [0, 0.05) is 42.8 Å². The molecule has 1 fully saturated rings. The van der Waals surface area contributed by atoms with Crippen LogP contribution in [0.4, 0.5) is 0 Å². The zero-order valence-corrected chi connectivity index (χ0v) is 13.6. The van der Waals surface area contributed by atoms with Gasteiger partial charge in [-0.05, 0) is 46.9 Å². The number of halogens is 1. The van der Waals surface area contributed by atoms with Gasteiger partial charge in [0.1, 0.15) is 5.75 Å². The van der Waals surface area contributed by atoms with Crippen LogP contribution in [-0.4, -0.2) is 56.7 Å². The Bertz CT molecular complexity index is 419. The normalized spacial score (nSPS) is 15.8. The Morgan fingerprint density at radius 1 is 1.30 bits per heavy atom. The van der Waals surface area contributed by atoms with Gasteiger partial charge >= 0.3 is 0 Å². The van der Waals surface area contributed by atoms with Gasteiger partial charge in [0.25, 0.3) is 5.91 Å². The number of nitrogens with one attached hydrogen (secondary N) is 2. The lowest BCUT2D eigenvalue weighted by atomic mass is 10.3. The van der Waals surface area contributed by atoms with Crippen LogP contribution in [0.25, 0.3) is 0 Å². The molecule has 2 rings (SSSR count). The van der Waals surface area contributed by atoms with Crippen LogP contribution in [0.1, 0.15) is 0 Å². The van der Waals surface area contributed by atoms with Crippen LogP contribution in [0.5, 0.6) is 5.75 Å². The number of carbonyl (C=O) groups is 1. The number of carbonyl (C=O) groups excluding carboxylic acids is 1. The van der Waals surface area contributed by atoms with Crippen molar-refractivity contribution in [1.82, 2.24) is 15.5 Å². The summed E-state index contributed by atoms with van der Waals surface area (Å²) in [6, 6.07) is 7.65. The van der Waals surface area contributed by atoms with Crippen LogP contribution in [0.2, 0.25) is 0 Å². The number of hydrogen-bond donors (Lipinski definition) is 2. The van der Waals surface area contributed by atoms with E-state index in [9.17, 15) is 4.79 Å². The Balaban J connectivity index is 1.59. The highest BCUT2D eigenvalue weighted by Crippen LogP contribution is 2.13. The van der Waals surface area contributed by atoms with Crippen molar-refractivity contribution in [2.24, 2.45) is 0 Å². The van der Waals surface area contributed by atoms with Gasteiger partial charge < -0.3 is 15.4 Å². The monoisotopic (exact) mass is 389 g/mol. The third-order valence-electron chi connectivity index (χ3n) is 3.14. The molecule has 5 nitrogen and oxygen atoms in total. The maximum absolute atomic E-state index is 11.7. The quantitative estimate of drug-likeness (QED) is 0.704. The van der Waals surface area contributed by atoms with Crippen molar-refractivity contribution in [2.75, 3.05) is 45.9 Å². The fourth-order valence-electron chi connectivity index (χ4n) is 2.02. The first-order valence-corrected chi connectivity index (χ1v) is 7.90. The molecule has 20 heavy (non-hydrogen) atoms. The van der Waals surface area contributed by atoms with E-state index in [4.69, 9.17) is 4.74 Å². The first-order valence-electron chi connectivity index (χ1n) is 6.82. The summed E-state index contributed by atoms with van der Waals surface area (Å²) >= 11 is 2.23. The third-order valence-corrected chi connectivity index (χ3v) is 3.86. The van der Waals surface area contributed by atoms with Crippen LogP contribution in [0.15, 0.2) is 24.3 Å². The Morgan fingerprint density at radius 3 is 2.70 bits per heavy atom. The highest BCUT2D eigenvalue weighted by molar-refractivity contribution is 14.1. The van der Waals surface area contributed by atoms with Gasteiger partial charge in [0.05, 0.1) is 0 Å². The SMILES string of the molecule is O=C(COc1ccc(I)cc1)NCCN1CCNCC1. The van der Waals surface area contributed by atoms with E-state index in [0.717, 1.165) is 42.0 Å². The van der Waals surface area contributed by atoms with Crippen molar-refractivity contribution in [3.63, 3.8) is 0 Å². The average Bonchev–Trinajstić information content (AvgIpc) is 2.48. The second kappa shape index (κ2) is 8.43. The van der Waals surface area contributed by atoms with E-state index in [2.05, 4.69) is 38.1 Å². The molecule has 0 aromatic heterocycles. The number of benzene rings is 1. The molecule has 110 valence electrons. The topological polar surface area (TPSA) is 53.6 Å². The molecule has 1 amide bonds. The van der Waals surface area contributed by atoms with Crippen LogP contribution in [0.3, 0.4) is 0 Å². The first-order chi connectivity index (χ1) is 9.74. The standard InChI is InChI=1S/C14H20IN3O2/c15-12-1-3-13(4-2-12)20-11-14(19)17-7-10-18-8-5-16-6-9-18/h1-4,16H,5-11H2,(H,17,19). The number of amides is 1. The summed E-state index contributed by atoms with van der Waals surface area (Å²) in [6.07, 6.45) is 0. The molecule has 0 atom stereocenters. The second-order valence-corrected chi connectivity index (χ2v) is 5.93. The fraction of sp³-hybridized carbons (Fsp3) is 0.500. The fourth-order valence-corrected chi connectivity index (χ4v) is 2.38. The molecule has 1 heterocycles. The van der Waals surface area contributed by atoms with Gasteiger partial charge in [0.2, 0.25) is 0 Å². The summed E-state index contributed by atoms with van der Waals surface area (Å²) in [5, 5.41) is 6.19. The van der Waals surface area contributed by atoms with Crippen molar-refractivity contribution in [2.45, 2.75) is 0 Å². The predicted molar refractivity (Wildman–Crippen MR) is 87.0 cm³/mol. The summed E-state index contributed by atoms with van der Waals surface area (Å²) in [4.78, 5) is 14.0. The Labute approximate surface area is 133 Å². The lowest BCUT2D eigenvalue weighted by molar-refractivity contribution is -0.123. The van der Waals surface area contributed by atoms with Gasteiger partial charge in [0.15, 0.2) is 6.61 Å². The summed E-state index contributed by atoms with van der Waals surface area (Å²) in [7, 11) is 0. The summed E-state index contributed by atoms with van der Waals surface area (Å²) in [6.45, 7) is 5.81. The van der Waals surface area contributed by atoms with E-state index in [1.165, 1.54) is 0 Å². The van der Waals surface area contributed by atoms with E-state index in [-0.39, 0.29) is 12.5 Å². The summed E-state index contributed by atoms with van der Waals surface area (Å²) in [5.41, 5.74) is 0. The van der Waals surface area contributed by atoms with Gasteiger partial charge in [-0.15, -0.1) is 0 Å². The Kier molecular flexibility index (Phi) is 6.55. The van der Waals surface area contributed by atoms with Gasteiger partial charge in [-0.1, -0.05) is 0 Å². The lowest BCUT2D eigenvalue weighted by Crippen LogP contribution is -2.46. The molecular weight excluding hydrogens is 369 g/mol. The maximum Gasteiger partial charge on any atom is 0.257 e. The Morgan fingerprint density at radius 2 is 2.00 bits per heavy atom. The number of hydrogen-bond acceptors (Lipinski definition) is 4. The molecule has 2 N–H and O–H groups in total. The molecule has 1 aromatic carbocycles. The molecule has 0 spiro atoms. The van der Waals surface area contributed by atoms with Crippen LogP contribution in [0, 0.1) is 3.57 Å². The van der Waals surface area contributed by atoms with E-state index in [1.807, 2.05) is 24.3 Å². The summed E-state index contributed by atoms with van der Waals surface area (Å²) in [5.74, 6) is 0.654. The second-order valence-electron chi connectivity index (χ2n) is 4.68. The van der Waals surface area contributed by atoms with Crippen molar-refractivity contribution in [1.29, 1.82) is 0 Å². The molecular formula is C14H20IN3O2. The molecule has 1 saturated heterocycles. The molecule has 0 bridgehead atoms. The minimum atomic E-state index is -0.0707. The molecule has 1 aromatic rings. The molecule has 0 saturated carbocycles. The van der Waals surface area contributed by atoms with Gasteiger partial charge in [-0.2, -0.15) is 0 Å². The molecule has 0 unspecified atom stereocenters. The number of piperazine rings is 1. The number of rotatable bonds is 6. The number of nitrogens with zero attached hydrogens (tertiary/aromatic N) is 1. The van der Waals surface area contributed by atoms with Gasteiger partial charge in [-0.25, -0.2) is 0 Å². The van der Waals surface area contributed by atoms with Crippen LogP contribution >= 0.6 is 22.6 Å². The number of ether oxygens (including phenoxy) is 1. The predicted octanol–water partition coefficient (Wildman–Crippen LogP) is 0.691. The van der Waals surface area contributed by atoms with Crippen LogP contribution in [-0.2, 0) is 4.79 Å². The molecule has 0 radical (unpaired) electrons. The third kappa shape index (κ3) is 5.64. The van der Waals surface area contributed by atoms with E-state index >= 15 is 0 Å². The zero-order valence-electron chi connectivity index (χ0n) is 11.4. The molecule has 6 heteroatoms. The molecule has 1 aliphatic rings. The minimum Gasteiger partial charge on any atom is -0.484 e. The van der Waals surface area contributed by atoms with Crippen molar-refractivity contribution >= 4 is 28.5 Å². The highest BCUT2D eigenvalue weighted by atomic mass is 127. The smallest absolute Gasteiger partial charge is 0.257 e. The summed E-state index contributed by atoms with van der Waals surface area (Å²) < 4.78 is 6.57. The Hall–Kier alpha value is -0.860. The maximum atomic E-state index is 11.7. The highest BCUT2D eigenvalue weighted by Gasteiger charge is 2.09. The lowest BCUT2D eigenvalue weighted by Gasteiger charge is -2.27. The zero-order chi connectivity index (χ0) is 14.2. The van der Waals surface area contributed by atoms with Crippen molar-refractivity contribution in [3.05, 3.63) is 27.8 Å². The first kappa shape index (κ1) is 15.5. The minimum absolute atomic E-state index is 0.0707. The van der Waals surface area contributed by atoms with E-state index < -0.39 is 0 Å². The van der Waals surface area contributed by atoms with E-state index in [1.54, 1.807) is 0 Å². The molecule has 0 aliphatic carbocycles. The van der Waals surface area contributed by atoms with Crippen molar-refractivity contribution in [3.8, 4) is 5.75 Å². The molecule has 1 aliphatic heterocycles.